The average molecular weight is 328 g/mol. The van der Waals surface area contributed by atoms with Crippen LogP contribution in [-0.4, -0.2) is 52.6 Å². The van der Waals surface area contributed by atoms with Crippen molar-refractivity contribution in [2.45, 2.75) is 56.3 Å². The summed E-state index contributed by atoms with van der Waals surface area (Å²) in [4.78, 5) is 0. The standard InChI is InChI=1S/C15H22ClN3O3/c16-10-6-18-19(7-10)13-14(20)12(11-8-21-15(13)22-11)17-5-9-3-1-2-4-9/h6-7,9,11-15,17,20H,1-5,8H2/t11-,12-,13-,14+,15-/m1/s1. The molecule has 2 aliphatic heterocycles. The number of hydrogen-bond donors (Lipinski definition) is 2. The fraction of sp³-hybridized carbons (Fsp3) is 0.800. The van der Waals surface area contributed by atoms with Gasteiger partial charge in [0.2, 0.25) is 0 Å². The molecule has 1 aliphatic carbocycles. The highest BCUT2D eigenvalue weighted by Gasteiger charge is 2.51. The van der Waals surface area contributed by atoms with Crippen LogP contribution < -0.4 is 5.32 Å². The van der Waals surface area contributed by atoms with E-state index in [1.54, 1.807) is 17.1 Å². The molecule has 22 heavy (non-hydrogen) atoms. The van der Waals surface area contributed by atoms with Gasteiger partial charge in [0.05, 0.1) is 30.0 Å². The molecular weight excluding hydrogens is 306 g/mol. The molecule has 6 nitrogen and oxygen atoms in total. The first-order valence-electron chi connectivity index (χ1n) is 8.10. The minimum Gasteiger partial charge on any atom is -0.389 e. The van der Waals surface area contributed by atoms with E-state index in [0.717, 1.165) is 6.54 Å². The Morgan fingerprint density at radius 2 is 2.23 bits per heavy atom. The lowest BCUT2D eigenvalue weighted by Crippen LogP contribution is -2.58. The van der Waals surface area contributed by atoms with Crippen LogP contribution in [0.4, 0.5) is 0 Å². The highest BCUT2D eigenvalue weighted by Crippen LogP contribution is 2.36. The van der Waals surface area contributed by atoms with Gasteiger partial charge in [0.1, 0.15) is 12.1 Å². The van der Waals surface area contributed by atoms with Gasteiger partial charge < -0.3 is 19.9 Å². The van der Waals surface area contributed by atoms with Crippen molar-refractivity contribution in [2.75, 3.05) is 13.2 Å². The van der Waals surface area contributed by atoms with Crippen molar-refractivity contribution in [1.29, 1.82) is 0 Å². The van der Waals surface area contributed by atoms with Crippen molar-refractivity contribution in [3.8, 4) is 0 Å². The first-order chi connectivity index (χ1) is 10.7. The molecule has 2 saturated heterocycles. The highest BCUT2D eigenvalue weighted by molar-refractivity contribution is 6.30. The smallest absolute Gasteiger partial charge is 0.183 e. The normalized spacial score (nSPS) is 38.7. The first kappa shape index (κ1) is 14.9. The summed E-state index contributed by atoms with van der Waals surface area (Å²) in [6, 6.07) is -0.500. The van der Waals surface area contributed by atoms with Crippen LogP contribution in [0.2, 0.25) is 5.02 Å². The van der Waals surface area contributed by atoms with E-state index in [1.807, 2.05) is 0 Å². The third-order valence-electron chi connectivity index (χ3n) is 5.12. The number of aliphatic hydroxyl groups excluding tert-OH is 1. The van der Waals surface area contributed by atoms with Gasteiger partial charge in [0.15, 0.2) is 6.29 Å². The van der Waals surface area contributed by atoms with Crippen molar-refractivity contribution in [3.63, 3.8) is 0 Å². The van der Waals surface area contributed by atoms with E-state index in [2.05, 4.69) is 10.4 Å². The Morgan fingerprint density at radius 3 is 2.95 bits per heavy atom. The second-order valence-electron chi connectivity index (χ2n) is 6.58. The van der Waals surface area contributed by atoms with Gasteiger partial charge >= 0.3 is 0 Å². The zero-order valence-electron chi connectivity index (χ0n) is 12.4. The van der Waals surface area contributed by atoms with Gasteiger partial charge in [-0.3, -0.25) is 4.68 Å². The summed E-state index contributed by atoms with van der Waals surface area (Å²) in [6.45, 7) is 1.44. The van der Waals surface area contributed by atoms with E-state index in [-0.39, 0.29) is 18.2 Å². The van der Waals surface area contributed by atoms with Gasteiger partial charge in [-0.2, -0.15) is 5.10 Å². The molecular formula is C15H22ClN3O3. The Bertz CT molecular complexity index is 520. The van der Waals surface area contributed by atoms with E-state index in [1.165, 1.54) is 25.7 Å². The van der Waals surface area contributed by atoms with Crippen molar-refractivity contribution in [3.05, 3.63) is 17.4 Å². The van der Waals surface area contributed by atoms with Crippen molar-refractivity contribution >= 4 is 11.6 Å². The van der Waals surface area contributed by atoms with Gasteiger partial charge in [-0.05, 0) is 25.3 Å². The average Bonchev–Trinajstić information content (AvgIpc) is 3.22. The molecule has 1 aromatic heterocycles. The van der Waals surface area contributed by atoms with Gasteiger partial charge in [-0.15, -0.1) is 0 Å². The van der Waals surface area contributed by atoms with Gasteiger partial charge in [0.25, 0.3) is 0 Å². The highest BCUT2D eigenvalue weighted by atomic mass is 35.5. The Morgan fingerprint density at radius 1 is 1.41 bits per heavy atom. The maximum atomic E-state index is 10.8. The molecule has 2 N–H and O–H groups in total. The van der Waals surface area contributed by atoms with E-state index in [4.69, 9.17) is 21.1 Å². The third kappa shape index (κ3) is 2.67. The molecule has 3 fully saturated rings. The Balaban J connectivity index is 1.48. The van der Waals surface area contributed by atoms with E-state index < -0.39 is 12.4 Å². The van der Waals surface area contributed by atoms with Crippen LogP contribution in [-0.2, 0) is 9.47 Å². The topological polar surface area (TPSA) is 68.5 Å². The van der Waals surface area contributed by atoms with Crippen molar-refractivity contribution in [1.82, 2.24) is 15.1 Å². The van der Waals surface area contributed by atoms with Crippen LogP contribution in [0.25, 0.3) is 0 Å². The molecule has 0 unspecified atom stereocenters. The summed E-state index contributed by atoms with van der Waals surface area (Å²) in [5.41, 5.74) is 0. The molecule has 0 aromatic carbocycles. The lowest BCUT2D eigenvalue weighted by molar-refractivity contribution is -0.168. The molecule has 3 heterocycles. The summed E-state index contributed by atoms with van der Waals surface area (Å²) >= 11 is 5.95. The number of nitrogens with zero attached hydrogens (tertiary/aromatic N) is 2. The molecule has 0 radical (unpaired) electrons. The summed E-state index contributed by atoms with van der Waals surface area (Å²) in [6.07, 6.45) is 7.30. The molecule has 1 aromatic rings. The minimum atomic E-state index is -0.608. The van der Waals surface area contributed by atoms with Gasteiger partial charge in [-0.25, -0.2) is 0 Å². The predicted molar refractivity (Wildman–Crippen MR) is 80.6 cm³/mol. The predicted octanol–water partition coefficient (Wildman–Crippen LogP) is 1.34. The second-order valence-corrected chi connectivity index (χ2v) is 7.02. The summed E-state index contributed by atoms with van der Waals surface area (Å²) in [5, 5.41) is 19.1. The fourth-order valence-corrected chi connectivity index (χ4v) is 4.07. The molecule has 3 aliphatic rings. The zero-order chi connectivity index (χ0) is 15.1. The van der Waals surface area contributed by atoms with Crippen LogP contribution in [0.3, 0.4) is 0 Å². The first-order valence-corrected chi connectivity index (χ1v) is 8.48. The number of rotatable bonds is 4. The maximum Gasteiger partial charge on any atom is 0.183 e. The number of ether oxygens (including phenoxy) is 2. The van der Waals surface area contributed by atoms with Crippen molar-refractivity contribution < 1.29 is 14.6 Å². The Kier molecular flexibility index (Phi) is 4.13. The van der Waals surface area contributed by atoms with E-state index in [0.29, 0.717) is 17.5 Å². The molecule has 2 bridgehead atoms. The number of aliphatic hydroxyl groups is 1. The molecule has 0 amide bonds. The monoisotopic (exact) mass is 327 g/mol. The SMILES string of the molecule is O[C@H]1[C@H](NCC2CCCC2)[C@H]2CO[C@H](O2)[C@@H]1n1cc(Cl)cn1. The molecule has 0 spiro atoms. The number of aromatic nitrogens is 2. The van der Waals surface area contributed by atoms with Crippen LogP contribution in [0.15, 0.2) is 12.4 Å². The Labute approximate surface area is 134 Å². The summed E-state index contributed by atoms with van der Waals surface area (Å²) in [5.74, 6) is 0.713. The van der Waals surface area contributed by atoms with E-state index >= 15 is 0 Å². The number of nitrogens with one attached hydrogen (secondary N) is 1. The minimum absolute atomic E-state index is 0.0938. The zero-order valence-corrected chi connectivity index (χ0v) is 13.2. The molecule has 122 valence electrons. The fourth-order valence-electron chi connectivity index (χ4n) is 3.93. The van der Waals surface area contributed by atoms with Crippen LogP contribution in [0.1, 0.15) is 31.7 Å². The molecule has 4 rings (SSSR count). The Hall–Kier alpha value is -0.660. The summed E-state index contributed by atoms with van der Waals surface area (Å²) in [7, 11) is 0. The van der Waals surface area contributed by atoms with E-state index in [9.17, 15) is 5.11 Å². The van der Waals surface area contributed by atoms with Crippen molar-refractivity contribution in [2.24, 2.45) is 5.92 Å². The third-order valence-corrected chi connectivity index (χ3v) is 5.32. The molecule has 5 atom stereocenters. The molecule has 7 heteroatoms. The van der Waals surface area contributed by atoms with Crippen LogP contribution in [0.5, 0.6) is 0 Å². The quantitative estimate of drug-likeness (QED) is 0.873. The maximum absolute atomic E-state index is 10.8. The largest absolute Gasteiger partial charge is 0.389 e. The van der Waals surface area contributed by atoms with Gasteiger partial charge in [-0.1, -0.05) is 24.4 Å². The lowest BCUT2D eigenvalue weighted by Gasteiger charge is -2.39. The molecule has 1 saturated carbocycles. The number of fused-ring (bicyclic) bond motifs is 2. The second kappa shape index (κ2) is 6.09. The van der Waals surface area contributed by atoms with Crippen LogP contribution in [0, 0.1) is 5.92 Å². The van der Waals surface area contributed by atoms with Crippen LogP contribution >= 0.6 is 11.6 Å². The van der Waals surface area contributed by atoms with Gasteiger partial charge in [0, 0.05) is 6.20 Å². The lowest BCUT2D eigenvalue weighted by atomic mass is 9.95. The summed E-state index contributed by atoms with van der Waals surface area (Å²) < 4.78 is 13.3. The number of hydrogen-bond acceptors (Lipinski definition) is 5. The number of halogens is 1.